The third-order valence-corrected chi connectivity index (χ3v) is 5.30. The van der Waals surface area contributed by atoms with Crippen molar-refractivity contribution in [1.29, 1.82) is 0 Å². The van der Waals surface area contributed by atoms with E-state index >= 15 is 0 Å². The highest BCUT2D eigenvalue weighted by atomic mass is 32.2. The second kappa shape index (κ2) is 8.08. The van der Waals surface area contributed by atoms with Crippen LogP contribution in [0.15, 0.2) is 24.3 Å². The van der Waals surface area contributed by atoms with Crippen LogP contribution in [0.25, 0.3) is 0 Å². The Hall–Kier alpha value is -2.46. The number of benzene rings is 1. The van der Waals surface area contributed by atoms with Gasteiger partial charge >= 0.3 is 0 Å². The Morgan fingerprint density at radius 2 is 2.04 bits per heavy atom. The van der Waals surface area contributed by atoms with Crippen LogP contribution in [0.3, 0.4) is 0 Å². The number of nitro groups is 1. The predicted molar refractivity (Wildman–Crippen MR) is 98.4 cm³/mol. The van der Waals surface area contributed by atoms with Crippen molar-refractivity contribution in [3.63, 3.8) is 0 Å². The average molecular weight is 380 g/mol. The van der Waals surface area contributed by atoms with Crippen molar-refractivity contribution >= 4 is 45.6 Å². The number of amides is 2. The van der Waals surface area contributed by atoms with Crippen LogP contribution in [0, 0.1) is 10.1 Å². The van der Waals surface area contributed by atoms with E-state index in [0.29, 0.717) is 16.7 Å². The Kier molecular flexibility index (Phi) is 6.10. The highest BCUT2D eigenvalue weighted by Gasteiger charge is 2.20. The summed E-state index contributed by atoms with van der Waals surface area (Å²) in [6, 6.07) is 5.16. The Labute approximate surface area is 152 Å². The van der Waals surface area contributed by atoms with Gasteiger partial charge in [0, 0.05) is 29.4 Å². The number of nitro benzene ring substituents is 1. The molecule has 10 heteroatoms. The molecule has 1 atom stereocenters. The third kappa shape index (κ3) is 4.77. The number of non-ortho nitro benzene ring substituents is 1. The van der Waals surface area contributed by atoms with Crippen molar-refractivity contribution in [2.75, 3.05) is 11.6 Å². The molecule has 3 N–H and O–H groups in total. The highest BCUT2D eigenvalue weighted by molar-refractivity contribution is 7.99. The van der Waals surface area contributed by atoms with E-state index in [-0.39, 0.29) is 21.9 Å². The van der Waals surface area contributed by atoms with Crippen LogP contribution in [0.5, 0.6) is 0 Å². The third-order valence-electron chi connectivity index (χ3n) is 3.34. The first-order valence-corrected chi connectivity index (χ1v) is 9.30. The summed E-state index contributed by atoms with van der Waals surface area (Å²) >= 11 is 2.86. The number of primary amides is 1. The molecule has 0 aliphatic rings. The van der Waals surface area contributed by atoms with Gasteiger partial charge in [0.1, 0.15) is 5.00 Å². The van der Waals surface area contributed by atoms with Gasteiger partial charge in [-0.25, -0.2) is 4.98 Å². The van der Waals surface area contributed by atoms with Crippen LogP contribution in [0.1, 0.15) is 32.8 Å². The molecule has 0 aliphatic heterocycles. The molecule has 1 heterocycles. The molecule has 8 nitrogen and oxygen atoms in total. The number of nitrogens with one attached hydrogen (secondary N) is 1. The molecular formula is C15H16N4O4S2. The van der Waals surface area contributed by atoms with Gasteiger partial charge in [0.05, 0.1) is 9.93 Å². The largest absolute Gasteiger partial charge is 0.364 e. The number of carbonyl (C=O) groups is 2. The second-order valence-corrected chi connectivity index (χ2v) is 7.52. The van der Waals surface area contributed by atoms with Crippen LogP contribution in [0.4, 0.5) is 10.7 Å². The van der Waals surface area contributed by atoms with E-state index in [1.54, 1.807) is 11.8 Å². The monoisotopic (exact) mass is 380 g/mol. The van der Waals surface area contributed by atoms with Crippen LogP contribution in [-0.4, -0.2) is 33.2 Å². The zero-order valence-corrected chi connectivity index (χ0v) is 15.1. The lowest BCUT2D eigenvalue weighted by molar-refractivity contribution is -0.384. The zero-order chi connectivity index (χ0) is 18.6. The van der Waals surface area contributed by atoms with Gasteiger partial charge in [-0.3, -0.25) is 19.7 Å². The number of thiazole rings is 1. The fraction of sp³-hybridized carbons (Fsp3) is 0.267. The molecule has 132 valence electrons. The van der Waals surface area contributed by atoms with E-state index in [9.17, 15) is 19.7 Å². The topological polar surface area (TPSA) is 128 Å². The summed E-state index contributed by atoms with van der Waals surface area (Å²) in [5, 5.41) is 14.6. The minimum Gasteiger partial charge on any atom is -0.364 e. The average Bonchev–Trinajstić information content (AvgIpc) is 2.97. The zero-order valence-electron chi connectivity index (χ0n) is 13.5. The summed E-state index contributed by atoms with van der Waals surface area (Å²) in [6.07, 6.45) is 2.63. The predicted octanol–water partition coefficient (Wildman–Crippen LogP) is 2.70. The van der Waals surface area contributed by atoms with Crippen LogP contribution < -0.4 is 11.1 Å². The van der Waals surface area contributed by atoms with Crippen molar-refractivity contribution in [2.45, 2.75) is 18.6 Å². The van der Waals surface area contributed by atoms with Gasteiger partial charge in [-0.05, 0) is 18.4 Å². The molecule has 0 aliphatic carbocycles. The molecule has 2 amide bonds. The molecular weight excluding hydrogens is 364 g/mol. The standard InChI is InChI=1S/C15H16N4O4S2/c1-8(24-2)7-11-17-12(13(16)20)15(25-11)18-14(21)9-3-5-10(6-4-9)19(22)23/h3-6,8H,7H2,1-2H3,(H2,16,20)(H,18,21). The minimum atomic E-state index is -0.724. The van der Waals surface area contributed by atoms with Gasteiger partial charge in [-0.1, -0.05) is 6.92 Å². The number of nitrogens with zero attached hydrogens (tertiary/aromatic N) is 2. The Morgan fingerprint density at radius 3 is 2.56 bits per heavy atom. The van der Waals surface area contributed by atoms with Gasteiger partial charge in [0.25, 0.3) is 17.5 Å². The van der Waals surface area contributed by atoms with E-state index in [4.69, 9.17) is 5.73 Å². The van der Waals surface area contributed by atoms with E-state index in [2.05, 4.69) is 10.3 Å². The first-order valence-electron chi connectivity index (χ1n) is 7.20. The van der Waals surface area contributed by atoms with E-state index in [0.717, 1.165) is 0 Å². The van der Waals surface area contributed by atoms with Crippen LogP contribution in [0.2, 0.25) is 0 Å². The Bertz CT molecular complexity index is 804. The van der Waals surface area contributed by atoms with Crippen molar-refractivity contribution in [3.05, 3.63) is 50.6 Å². The molecule has 0 fully saturated rings. The Balaban J connectivity index is 2.21. The molecule has 0 saturated carbocycles. The maximum Gasteiger partial charge on any atom is 0.270 e. The molecule has 2 aromatic rings. The Morgan fingerprint density at radius 1 is 1.40 bits per heavy atom. The summed E-state index contributed by atoms with van der Waals surface area (Å²) in [6.45, 7) is 2.03. The first-order chi connectivity index (χ1) is 11.8. The number of carbonyl (C=O) groups excluding carboxylic acids is 2. The van der Waals surface area contributed by atoms with Gasteiger partial charge in [-0.2, -0.15) is 11.8 Å². The van der Waals surface area contributed by atoms with Crippen LogP contribution >= 0.6 is 23.1 Å². The summed E-state index contributed by atoms with van der Waals surface area (Å²) in [4.78, 5) is 38.2. The minimum absolute atomic E-state index is 0.0172. The lowest BCUT2D eigenvalue weighted by Crippen LogP contribution is -2.17. The molecule has 1 aromatic heterocycles. The fourth-order valence-corrected chi connectivity index (χ4v) is 3.47. The number of rotatable bonds is 7. The number of thioether (sulfide) groups is 1. The number of anilines is 1. The molecule has 0 radical (unpaired) electrons. The maximum absolute atomic E-state index is 12.3. The van der Waals surface area contributed by atoms with Gasteiger partial charge in [0.2, 0.25) is 0 Å². The smallest absolute Gasteiger partial charge is 0.270 e. The second-order valence-electron chi connectivity index (χ2n) is 5.16. The lowest BCUT2D eigenvalue weighted by Gasteiger charge is -2.04. The lowest BCUT2D eigenvalue weighted by atomic mass is 10.2. The van der Waals surface area contributed by atoms with E-state index in [1.807, 2.05) is 13.2 Å². The maximum atomic E-state index is 12.3. The quantitative estimate of drug-likeness (QED) is 0.561. The molecule has 1 aromatic carbocycles. The number of aromatic nitrogens is 1. The molecule has 1 unspecified atom stereocenters. The van der Waals surface area contributed by atoms with E-state index in [1.165, 1.54) is 35.6 Å². The van der Waals surface area contributed by atoms with E-state index < -0.39 is 16.7 Å². The molecule has 0 bridgehead atoms. The van der Waals surface area contributed by atoms with Crippen molar-refractivity contribution in [1.82, 2.24) is 4.98 Å². The summed E-state index contributed by atoms with van der Waals surface area (Å²) in [5.74, 6) is -1.22. The van der Waals surface area contributed by atoms with Crippen LogP contribution in [-0.2, 0) is 6.42 Å². The SMILES string of the molecule is CSC(C)Cc1nc(C(N)=O)c(NC(=O)c2ccc([N+](=O)[O-])cc2)s1. The highest BCUT2D eigenvalue weighted by Crippen LogP contribution is 2.27. The fourth-order valence-electron chi connectivity index (χ4n) is 1.94. The molecule has 0 spiro atoms. The molecule has 2 rings (SSSR count). The number of hydrogen-bond acceptors (Lipinski definition) is 7. The van der Waals surface area contributed by atoms with Gasteiger partial charge in [-0.15, -0.1) is 11.3 Å². The van der Waals surface area contributed by atoms with Gasteiger partial charge < -0.3 is 11.1 Å². The number of nitrogens with two attached hydrogens (primary N) is 1. The molecule has 0 saturated heterocycles. The summed E-state index contributed by atoms with van der Waals surface area (Å²) < 4.78 is 0. The van der Waals surface area contributed by atoms with Crippen molar-refractivity contribution < 1.29 is 14.5 Å². The first kappa shape index (κ1) is 18.9. The molecule has 25 heavy (non-hydrogen) atoms. The normalized spacial score (nSPS) is 11.8. The number of hydrogen-bond donors (Lipinski definition) is 2. The summed E-state index contributed by atoms with van der Waals surface area (Å²) in [5.41, 5.74) is 5.47. The summed E-state index contributed by atoms with van der Waals surface area (Å²) in [7, 11) is 0. The van der Waals surface area contributed by atoms with Crippen molar-refractivity contribution in [3.8, 4) is 0 Å². The van der Waals surface area contributed by atoms with Crippen molar-refractivity contribution in [2.24, 2.45) is 5.73 Å². The van der Waals surface area contributed by atoms with Gasteiger partial charge in [0.15, 0.2) is 5.69 Å².